The van der Waals surface area contributed by atoms with E-state index in [2.05, 4.69) is 197 Å². The predicted molar refractivity (Wildman–Crippen MR) is 189 cm³/mol. The van der Waals surface area contributed by atoms with Gasteiger partial charge in [-0.25, -0.2) is 0 Å². The van der Waals surface area contributed by atoms with Gasteiger partial charge in [0.05, 0.1) is 32.6 Å². The van der Waals surface area contributed by atoms with Gasteiger partial charge in [0.2, 0.25) is 0 Å². The van der Waals surface area contributed by atoms with Gasteiger partial charge in [-0.1, -0.05) is 97.1 Å². The van der Waals surface area contributed by atoms with Crippen molar-refractivity contribution in [2.75, 3.05) is 6.16 Å². The van der Waals surface area contributed by atoms with Gasteiger partial charge in [-0.3, -0.25) is 4.98 Å². The SMILES string of the molecule is [Cu][Br].c1ccc([PH+](CCc2ccccn2)c2ccccc2)cc1.c1ccc([PH+](c2ccccc2)c2ccccc2)cc1. The van der Waals surface area contributed by atoms with E-state index in [1.807, 2.05) is 12.3 Å². The van der Waals surface area contributed by atoms with Crippen molar-refractivity contribution in [1.82, 2.24) is 4.98 Å². The Morgan fingerprint density at radius 1 is 0.429 bits per heavy atom. The van der Waals surface area contributed by atoms with Crippen molar-refractivity contribution in [3.8, 4) is 0 Å². The van der Waals surface area contributed by atoms with Gasteiger partial charge in [0.25, 0.3) is 0 Å². The summed E-state index contributed by atoms with van der Waals surface area (Å²) in [6.07, 6.45) is 4.10. The molecule has 0 aliphatic rings. The molecule has 6 rings (SSSR count). The average molecular weight is 699 g/mol. The first-order valence-corrected chi connectivity index (χ1v) is 19.4. The van der Waals surface area contributed by atoms with Crippen LogP contribution in [0.4, 0.5) is 0 Å². The summed E-state index contributed by atoms with van der Waals surface area (Å²) in [6, 6.07) is 60.5. The zero-order valence-electron chi connectivity index (χ0n) is 23.3. The third-order valence-electron chi connectivity index (χ3n) is 6.79. The number of benzene rings is 5. The number of pyridine rings is 1. The molecule has 0 saturated carbocycles. The van der Waals surface area contributed by atoms with Gasteiger partial charge in [0.1, 0.15) is 15.9 Å². The maximum Gasteiger partial charge on any atom is 0.102 e. The maximum atomic E-state index is 4.45. The number of hydrogen-bond donors (Lipinski definition) is 0. The van der Waals surface area contributed by atoms with Crippen LogP contribution in [-0.4, -0.2) is 11.1 Å². The Morgan fingerprint density at radius 2 is 0.762 bits per heavy atom. The molecule has 1 nitrogen and oxygen atoms in total. The second-order valence-corrected chi connectivity index (χ2v) is 14.6. The molecule has 0 N–H and O–H groups in total. The molecule has 0 saturated heterocycles. The average Bonchev–Trinajstić information content (AvgIpc) is 3.09. The zero-order chi connectivity index (χ0) is 29.2. The van der Waals surface area contributed by atoms with Gasteiger partial charge in [-0.15, -0.1) is 0 Å². The molecule has 0 amide bonds. The summed E-state index contributed by atoms with van der Waals surface area (Å²) >= 11 is 6.50. The van der Waals surface area contributed by atoms with Crippen LogP contribution in [-0.2, 0) is 20.6 Å². The van der Waals surface area contributed by atoms with Crippen LogP contribution >= 0.6 is 30.0 Å². The minimum atomic E-state index is -0.877. The minimum Gasteiger partial charge on any atom is -0.261 e. The summed E-state index contributed by atoms with van der Waals surface area (Å²) in [5.41, 5.74) is 1.19. The summed E-state index contributed by atoms with van der Waals surface area (Å²) in [5, 5.41) is 7.26. The molecule has 42 heavy (non-hydrogen) atoms. The van der Waals surface area contributed by atoms with Gasteiger partial charge in [0.15, 0.2) is 0 Å². The Hall–Kier alpha value is -2.89. The van der Waals surface area contributed by atoms with Crippen LogP contribution < -0.4 is 26.5 Å². The number of hydrogen-bond acceptors (Lipinski definition) is 1. The number of nitrogens with zero attached hydrogens (tertiary/aromatic N) is 1. The maximum absolute atomic E-state index is 4.45. The third-order valence-corrected chi connectivity index (χ3v) is 12.3. The monoisotopic (exact) mass is 697 g/mol. The quantitative estimate of drug-likeness (QED) is 0.119. The summed E-state index contributed by atoms with van der Waals surface area (Å²) in [7, 11) is -1.61. The van der Waals surface area contributed by atoms with E-state index in [-0.39, 0.29) is 0 Å². The summed E-state index contributed by atoms with van der Waals surface area (Å²) in [6.45, 7) is 0. The van der Waals surface area contributed by atoms with Crippen molar-refractivity contribution >= 4 is 56.5 Å². The van der Waals surface area contributed by atoms with Crippen molar-refractivity contribution in [3.05, 3.63) is 182 Å². The van der Waals surface area contributed by atoms with Crippen molar-refractivity contribution < 1.29 is 14.2 Å². The normalized spacial score (nSPS) is 10.3. The smallest absolute Gasteiger partial charge is 0.102 e. The third kappa shape index (κ3) is 9.84. The van der Waals surface area contributed by atoms with Crippen LogP contribution in [0, 0.1) is 0 Å². The molecule has 0 radical (unpaired) electrons. The Balaban J connectivity index is 0.000000183. The molecule has 6 aromatic rings. The van der Waals surface area contributed by atoms with Crippen LogP contribution in [0.5, 0.6) is 0 Å². The van der Waals surface area contributed by atoms with Gasteiger partial charge in [-0.2, -0.15) is 0 Å². The fraction of sp³-hybridized carbons (Fsp3) is 0.0541. The first kappa shape index (κ1) is 32.0. The Bertz CT molecular complexity index is 1390. The Kier molecular flexibility index (Phi) is 14.2. The second kappa shape index (κ2) is 18.6. The summed E-state index contributed by atoms with van der Waals surface area (Å²) in [4.78, 5) is 4.45. The molecule has 0 atom stereocenters. The van der Waals surface area contributed by atoms with E-state index in [0.717, 1.165) is 6.42 Å². The molecular formula is C37H35BrCuNP2+2. The Labute approximate surface area is 268 Å². The number of aromatic nitrogens is 1. The molecule has 0 fully saturated rings. The first-order valence-electron chi connectivity index (χ1n) is 13.9. The predicted octanol–water partition coefficient (Wildman–Crippen LogP) is 7.51. The van der Waals surface area contributed by atoms with E-state index in [1.54, 1.807) is 0 Å². The van der Waals surface area contributed by atoms with Crippen LogP contribution in [0.1, 0.15) is 5.69 Å². The second-order valence-electron chi connectivity index (χ2n) is 9.50. The molecule has 0 spiro atoms. The molecule has 0 aliphatic heterocycles. The van der Waals surface area contributed by atoms with Gasteiger partial charge >= 0.3 is 28.3 Å². The van der Waals surface area contributed by atoms with Crippen molar-refractivity contribution in [1.29, 1.82) is 0 Å². The molecule has 5 aromatic carbocycles. The van der Waals surface area contributed by atoms with Gasteiger partial charge in [-0.05, 0) is 72.8 Å². The van der Waals surface area contributed by atoms with E-state index in [4.69, 9.17) is 0 Å². The number of rotatable bonds is 8. The summed E-state index contributed by atoms with van der Waals surface area (Å²) < 4.78 is 0. The van der Waals surface area contributed by atoms with Crippen molar-refractivity contribution in [2.24, 2.45) is 0 Å². The molecular weight excluding hydrogens is 664 g/mol. The minimum absolute atomic E-state index is 0.737. The van der Waals surface area contributed by atoms with E-state index >= 15 is 0 Å². The molecule has 0 aliphatic carbocycles. The first-order chi connectivity index (χ1) is 20.9. The standard InChI is InChI=1S/C19H18NP.C18H15P.BrH.Cu/c1-3-10-18(11-4-1)21(19-12-5-2-6-13-19)16-14-17-9-7-8-15-20-17;1-4-10-16(11-5-1)19(17-12-6-2-7-13-17)18-14-8-3-9-15-18;;/h1-13,15H,14,16H2;1-15H;1H;/q;;;+1/p+1. The molecule has 5 heteroatoms. The van der Waals surface area contributed by atoms with Crippen molar-refractivity contribution in [3.63, 3.8) is 0 Å². The molecule has 1 heterocycles. The fourth-order valence-electron chi connectivity index (χ4n) is 4.85. The largest absolute Gasteiger partial charge is 0.261 e. The molecule has 1 aromatic heterocycles. The topological polar surface area (TPSA) is 12.9 Å². The van der Waals surface area contributed by atoms with Gasteiger partial charge in [0, 0.05) is 18.3 Å². The molecule has 0 unspecified atom stereocenters. The van der Waals surface area contributed by atoms with Crippen LogP contribution in [0.15, 0.2) is 176 Å². The van der Waals surface area contributed by atoms with Crippen LogP contribution in [0.3, 0.4) is 0 Å². The van der Waals surface area contributed by atoms with Gasteiger partial charge < -0.3 is 0 Å². The molecule has 214 valence electrons. The van der Waals surface area contributed by atoms with Crippen molar-refractivity contribution in [2.45, 2.75) is 6.42 Å². The number of halogens is 1. The van der Waals surface area contributed by atoms with E-state index < -0.39 is 15.8 Å². The molecule has 0 bridgehead atoms. The van der Waals surface area contributed by atoms with E-state index in [1.165, 1.54) is 38.4 Å². The number of aryl methyl sites for hydroxylation is 1. The zero-order valence-corrected chi connectivity index (χ0v) is 27.8. The fourth-order valence-corrected chi connectivity index (χ4v) is 10.0. The van der Waals surface area contributed by atoms with Crippen LogP contribution in [0.25, 0.3) is 0 Å². The summed E-state index contributed by atoms with van der Waals surface area (Å²) in [5.74, 6) is 0. The van der Waals surface area contributed by atoms with E-state index in [0.29, 0.717) is 0 Å². The van der Waals surface area contributed by atoms with Crippen LogP contribution in [0.2, 0.25) is 0 Å². The van der Waals surface area contributed by atoms with E-state index in [9.17, 15) is 0 Å². The Morgan fingerprint density at radius 3 is 1.10 bits per heavy atom.